The molecule has 0 radical (unpaired) electrons. The zero-order valence-corrected chi connectivity index (χ0v) is 12.6. The molecule has 0 heterocycles. The Balaban J connectivity index is 0.00000324. The fourth-order valence-corrected chi connectivity index (χ4v) is 1.82. The molecule has 1 aromatic rings. The van der Waals surface area contributed by atoms with Crippen molar-refractivity contribution in [2.75, 3.05) is 7.05 Å². The maximum atomic E-state index is 13.2. The highest BCUT2D eigenvalue weighted by atomic mass is 35.5. The molecule has 1 aromatic carbocycles. The molecule has 6 heteroatoms. The summed E-state index contributed by atoms with van der Waals surface area (Å²) in [7, 11) is 1.66. The zero-order valence-electron chi connectivity index (χ0n) is 11.0. The average Bonchev–Trinajstić information content (AvgIpc) is 2.33. The molecule has 3 nitrogen and oxygen atoms in total. The molecule has 0 fully saturated rings. The summed E-state index contributed by atoms with van der Waals surface area (Å²) in [6.07, 6.45) is 1.51. The predicted molar refractivity (Wildman–Crippen MR) is 78.0 cm³/mol. The largest absolute Gasteiger partial charge is 0.340 e. The minimum atomic E-state index is -0.489. The van der Waals surface area contributed by atoms with E-state index in [-0.39, 0.29) is 23.3 Å². The molecule has 0 aliphatic rings. The van der Waals surface area contributed by atoms with E-state index in [1.54, 1.807) is 13.1 Å². The summed E-state index contributed by atoms with van der Waals surface area (Å²) in [5.74, 6) is -0.611. The van der Waals surface area contributed by atoms with Crippen LogP contribution in [0.15, 0.2) is 18.2 Å². The van der Waals surface area contributed by atoms with Gasteiger partial charge >= 0.3 is 0 Å². The second-order valence-electron chi connectivity index (χ2n) is 4.34. The number of rotatable bonds is 5. The van der Waals surface area contributed by atoms with Crippen LogP contribution in [0.2, 0.25) is 5.02 Å². The van der Waals surface area contributed by atoms with Gasteiger partial charge in [0.2, 0.25) is 5.91 Å². The molecule has 0 aliphatic heterocycles. The normalized spacial score (nSPS) is 11.6. The van der Waals surface area contributed by atoms with E-state index in [9.17, 15) is 9.18 Å². The number of carbonyl (C=O) groups excluding carboxylic acids is 1. The average molecular weight is 309 g/mol. The maximum Gasteiger partial charge on any atom is 0.239 e. The molecular formula is C13H19Cl2FN2O. The fraction of sp³-hybridized carbons (Fsp3) is 0.462. The van der Waals surface area contributed by atoms with E-state index in [4.69, 9.17) is 17.3 Å². The Morgan fingerprint density at radius 3 is 2.68 bits per heavy atom. The Bertz CT molecular complexity index is 429. The summed E-state index contributed by atoms with van der Waals surface area (Å²) in [5.41, 5.74) is 6.44. The summed E-state index contributed by atoms with van der Waals surface area (Å²) in [6, 6.07) is 4.02. The second kappa shape index (κ2) is 8.35. The number of hydrogen-bond acceptors (Lipinski definition) is 2. The molecule has 0 aliphatic carbocycles. The molecule has 0 spiro atoms. The number of nitrogens with zero attached hydrogens (tertiary/aromatic N) is 1. The molecule has 0 saturated heterocycles. The quantitative estimate of drug-likeness (QED) is 0.909. The lowest BCUT2D eigenvalue weighted by Crippen LogP contribution is -2.41. The number of hydrogen-bond donors (Lipinski definition) is 1. The van der Waals surface area contributed by atoms with Gasteiger partial charge in [-0.3, -0.25) is 4.79 Å². The smallest absolute Gasteiger partial charge is 0.239 e. The molecule has 1 unspecified atom stereocenters. The molecule has 0 aromatic heterocycles. The van der Waals surface area contributed by atoms with Crippen molar-refractivity contribution in [3.05, 3.63) is 34.6 Å². The number of carbonyl (C=O) groups is 1. The van der Waals surface area contributed by atoms with Crippen LogP contribution < -0.4 is 5.73 Å². The van der Waals surface area contributed by atoms with Gasteiger partial charge in [0, 0.05) is 13.6 Å². The first kappa shape index (κ1) is 18.2. The number of nitrogens with two attached hydrogens (primary N) is 1. The van der Waals surface area contributed by atoms with Crippen molar-refractivity contribution in [1.82, 2.24) is 4.90 Å². The highest BCUT2D eigenvalue weighted by molar-refractivity contribution is 6.30. The first-order valence-corrected chi connectivity index (χ1v) is 6.28. The van der Waals surface area contributed by atoms with Crippen molar-refractivity contribution in [2.24, 2.45) is 5.73 Å². The minimum Gasteiger partial charge on any atom is -0.340 e. The van der Waals surface area contributed by atoms with Crippen molar-refractivity contribution < 1.29 is 9.18 Å². The molecule has 0 saturated carbocycles. The lowest BCUT2D eigenvalue weighted by atomic mass is 10.1. The lowest BCUT2D eigenvalue weighted by Gasteiger charge is -2.21. The maximum absolute atomic E-state index is 13.2. The Morgan fingerprint density at radius 2 is 2.16 bits per heavy atom. The molecule has 1 amide bonds. The number of amides is 1. The topological polar surface area (TPSA) is 46.3 Å². The van der Waals surface area contributed by atoms with Crippen molar-refractivity contribution in [1.29, 1.82) is 0 Å². The van der Waals surface area contributed by atoms with Gasteiger partial charge in [0.05, 0.1) is 11.1 Å². The number of halogens is 3. The van der Waals surface area contributed by atoms with E-state index in [0.29, 0.717) is 18.5 Å². The third-order valence-electron chi connectivity index (χ3n) is 2.70. The Hall–Kier alpha value is -0.840. The SMILES string of the molecule is CCCC(N)C(=O)N(C)Cc1ccc(Cl)c(F)c1.Cl. The molecule has 1 rings (SSSR count). The van der Waals surface area contributed by atoms with Crippen LogP contribution in [0.4, 0.5) is 4.39 Å². The number of likely N-dealkylation sites (N-methyl/N-ethyl adjacent to an activating group) is 1. The summed E-state index contributed by atoms with van der Waals surface area (Å²) in [5, 5.41) is 0.0791. The summed E-state index contributed by atoms with van der Waals surface area (Å²) < 4.78 is 13.2. The molecule has 1 atom stereocenters. The highest BCUT2D eigenvalue weighted by Crippen LogP contribution is 2.16. The van der Waals surface area contributed by atoms with Crippen LogP contribution in [0.25, 0.3) is 0 Å². The monoisotopic (exact) mass is 308 g/mol. The summed E-state index contributed by atoms with van der Waals surface area (Å²) in [6.45, 7) is 2.30. The van der Waals surface area contributed by atoms with Gasteiger partial charge in [0.1, 0.15) is 5.82 Å². The third kappa shape index (κ3) is 5.35. The lowest BCUT2D eigenvalue weighted by molar-refractivity contribution is -0.132. The van der Waals surface area contributed by atoms with Crippen LogP contribution in [-0.4, -0.2) is 23.9 Å². The van der Waals surface area contributed by atoms with Gasteiger partial charge in [0.25, 0.3) is 0 Å². The Labute approximate surface area is 124 Å². The van der Waals surface area contributed by atoms with Gasteiger partial charge in [-0.15, -0.1) is 12.4 Å². The third-order valence-corrected chi connectivity index (χ3v) is 3.00. The molecule has 2 N–H and O–H groups in total. The van der Waals surface area contributed by atoms with E-state index in [0.717, 1.165) is 6.42 Å². The molecular weight excluding hydrogens is 290 g/mol. The van der Waals surface area contributed by atoms with Crippen molar-refractivity contribution in [2.45, 2.75) is 32.4 Å². The van der Waals surface area contributed by atoms with Gasteiger partial charge in [-0.1, -0.05) is 31.0 Å². The van der Waals surface area contributed by atoms with Gasteiger partial charge < -0.3 is 10.6 Å². The van der Waals surface area contributed by atoms with Crippen molar-refractivity contribution in [3.8, 4) is 0 Å². The van der Waals surface area contributed by atoms with Crippen LogP contribution in [0.1, 0.15) is 25.3 Å². The van der Waals surface area contributed by atoms with Gasteiger partial charge in [-0.2, -0.15) is 0 Å². The first-order valence-electron chi connectivity index (χ1n) is 5.90. The second-order valence-corrected chi connectivity index (χ2v) is 4.75. The van der Waals surface area contributed by atoms with Gasteiger partial charge in [0.15, 0.2) is 0 Å². The Kier molecular flexibility index (Phi) is 7.99. The van der Waals surface area contributed by atoms with Crippen molar-refractivity contribution in [3.63, 3.8) is 0 Å². The first-order chi connectivity index (χ1) is 8.45. The van der Waals surface area contributed by atoms with Crippen LogP contribution >= 0.6 is 24.0 Å². The zero-order chi connectivity index (χ0) is 13.7. The fourth-order valence-electron chi connectivity index (χ4n) is 1.71. The predicted octanol–water partition coefficient (Wildman–Crippen LogP) is 2.99. The summed E-state index contributed by atoms with van der Waals surface area (Å²) in [4.78, 5) is 13.4. The molecule has 0 bridgehead atoms. The van der Waals surface area contributed by atoms with E-state index in [2.05, 4.69) is 0 Å². The molecule has 19 heavy (non-hydrogen) atoms. The van der Waals surface area contributed by atoms with Gasteiger partial charge in [-0.05, 0) is 24.1 Å². The van der Waals surface area contributed by atoms with Gasteiger partial charge in [-0.25, -0.2) is 4.39 Å². The van der Waals surface area contributed by atoms with E-state index < -0.39 is 11.9 Å². The summed E-state index contributed by atoms with van der Waals surface area (Å²) >= 11 is 5.60. The van der Waals surface area contributed by atoms with E-state index in [1.165, 1.54) is 17.0 Å². The van der Waals surface area contributed by atoms with Crippen LogP contribution in [0.5, 0.6) is 0 Å². The highest BCUT2D eigenvalue weighted by Gasteiger charge is 2.17. The van der Waals surface area contributed by atoms with E-state index in [1.807, 2.05) is 6.92 Å². The minimum absolute atomic E-state index is 0. The van der Waals surface area contributed by atoms with E-state index >= 15 is 0 Å². The van der Waals surface area contributed by atoms with Crippen LogP contribution in [0, 0.1) is 5.82 Å². The molecule has 108 valence electrons. The van der Waals surface area contributed by atoms with Crippen LogP contribution in [-0.2, 0) is 11.3 Å². The van der Waals surface area contributed by atoms with Crippen molar-refractivity contribution >= 4 is 29.9 Å². The Morgan fingerprint density at radius 1 is 1.53 bits per heavy atom. The van der Waals surface area contributed by atoms with Crippen LogP contribution in [0.3, 0.4) is 0 Å². The number of benzene rings is 1. The standard InChI is InChI=1S/C13H18ClFN2O.ClH/c1-3-4-12(16)13(18)17(2)8-9-5-6-10(14)11(15)7-9;/h5-7,12H,3-4,8,16H2,1-2H3;1H.